The number of carbonyl (C=O) groups is 1. The van der Waals surface area contributed by atoms with Crippen molar-refractivity contribution >= 4 is 43.8 Å². The smallest absolute Gasteiger partial charge is 0.310 e. The zero-order valence-corrected chi connectivity index (χ0v) is 22.5. The monoisotopic (exact) mass is 569 g/mol. The molecule has 1 saturated carbocycles. The van der Waals surface area contributed by atoms with Crippen molar-refractivity contribution < 1.29 is 14.6 Å². The average Bonchev–Trinajstić information content (AvgIpc) is 3.53. The lowest BCUT2D eigenvalue weighted by atomic mass is 9.82. The molecule has 38 heavy (non-hydrogen) atoms. The molecule has 1 aliphatic rings. The molecule has 5 aromatic rings. The molecule has 0 amide bonds. The third-order valence-corrected chi connectivity index (χ3v) is 8.08. The van der Waals surface area contributed by atoms with Crippen molar-refractivity contribution in [3.63, 3.8) is 0 Å². The summed E-state index contributed by atoms with van der Waals surface area (Å²) in [6.45, 7) is 0.965. The molecule has 1 fully saturated rings. The standard InChI is InChI=1S/C31H28BrN3O3/c32-23-8-5-6-21(16-23)19-35-28-13-12-25(38-20-24-11-10-22-7-1-2-9-26(22)33-24)17-27(28)34-29(35)18-31(30(36)37)14-3-4-15-31/h1-2,5-13,16-17H,3-4,14-15,18-20H2,(H,36,37). The number of carboxylic acids is 1. The highest BCUT2D eigenvalue weighted by Crippen LogP contribution is 2.41. The van der Waals surface area contributed by atoms with E-state index in [1.165, 1.54) is 0 Å². The van der Waals surface area contributed by atoms with Gasteiger partial charge in [-0.15, -0.1) is 0 Å². The van der Waals surface area contributed by atoms with Crippen molar-refractivity contribution in [3.8, 4) is 5.75 Å². The summed E-state index contributed by atoms with van der Waals surface area (Å²) >= 11 is 3.57. The van der Waals surface area contributed by atoms with Crippen LogP contribution in [0.5, 0.6) is 5.75 Å². The number of halogens is 1. The molecule has 2 heterocycles. The molecule has 0 saturated heterocycles. The van der Waals surface area contributed by atoms with Gasteiger partial charge in [-0.05, 0) is 54.8 Å². The highest BCUT2D eigenvalue weighted by atomic mass is 79.9. The molecule has 0 bridgehead atoms. The minimum Gasteiger partial charge on any atom is -0.487 e. The molecule has 0 atom stereocenters. The van der Waals surface area contributed by atoms with Crippen molar-refractivity contribution in [2.45, 2.75) is 45.3 Å². The van der Waals surface area contributed by atoms with Gasteiger partial charge in [0.2, 0.25) is 0 Å². The Morgan fingerprint density at radius 1 is 0.947 bits per heavy atom. The summed E-state index contributed by atoms with van der Waals surface area (Å²) in [6, 6.07) is 26.2. The van der Waals surface area contributed by atoms with Crippen LogP contribution in [0.1, 0.15) is 42.8 Å². The first-order valence-corrected chi connectivity index (χ1v) is 13.7. The van der Waals surface area contributed by atoms with Crippen LogP contribution in [-0.4, -0.2) is 25.6 Å². The van der Waals surface area contributed by atoms with Crippen LogP contribution in [0.15, 0.2) is 83.3 Å². The maximum absolute atomic E-state index is 12.3. The Balaban J connectivity index is 1.32. The zero-order valence-electron chi connectivity index (χ0n) is 20.9. The van der Waals surface area contributed by atoms with Crippen LogP contribution in [0, 0.1) is 5.41 Å². The van der Waals surface area contributed by atoms with Crippen molar-refractivity contribution in [3.05, 3.63) is 100 Å². The number of hydrogen-bond acceptors (Lipinski definition) is 4. The van der Waals surface area contributed by atoms with E-state index in [4.69, 9.17) is 14.7 Å². The first kappa shape index (κ1) is 24.6. The molecule has 0 aliphatic heterocycles. The molecular weight excluding hydrogens is 542 g/mol. The third kappa shape index (κ3) is 4.90. The molecule has 6 rings (SSSR count). The van der Waals surface area contributed by atoms with Gasteiger partial charge < -0.3 is 14.4 Å². The van der Waals surface area contributed by atoms with Gasteiger partial charge in [-0.25, -0.2) is 9.97 Å². The summed E-state index contributed by atoms with van der Waals surface area (Å²) in [4.78, 5) is 22.0. The first-order chi connectivity index (χ1) is 18.5. The Morgan fingerprint density at radius 2 is 1.79 bits per heavy atom. The number of aromatic nitrogens is 3. The normalized spacial score (nSPS) is 14.8. The lowest BCUT2D eigenvalue weighted by molar-refractivity contribution is -0.148. The third-order valence-electron chi connectivity index (χ3n) is 7.58. The largest absolute Gasteiger partial charge is 0.487 e. The van der Waals surface area contributed by atoms with E-state index >= 15 is 0 Å². The van der Waals surface area contributed by atoms with Crippen LogP contribution in [-0.2, 0) is 24.4 Å². The fourth-order valence-corrected chi connectivity index (χ4v) is 5.99. The summed E-state index contributed by atoms with van der Waals surface area (Å²) in [7, 11) is 0. The highest BCUT2D eigenvalue weighted by molar-refractivity contribution is 9.10. The van der Waals surface area contributed by atoms with Crippen LogP contribution in [0.2, 0.25) is 0 Å². The fraction of sp³-hybridized carbons (Fsp3) is 0.258. The number of fused-ring (bicyclic) bond motifs is 2. The van der Waals surface area contributed by atoms with Crippen molar-refractivity contribution in [2.24, 2.45) is 5.41 Å². The Bertz CT molecular complexity index is 1640. The second-order valence-electron chi connectivity index (χ2n) is 10.1. The van der Waals surface area contributed by atoms with Gasteiger partial charge in [0.1, 0.15) is 18.2 Å². The molecule has 0 radical (unpaired) electrons. The van der Waals surface area contributed by atoms with Gasteiger partial charge in [0, 0.05) is 28.9 Å². The highest BCUT2D eigenvalue weighted by Gasteiger charge is 2.42. The number of pyridine rings is 1. The number of rotatable bonds is 8. The topological polar surface area (TPSA) is 77.2 Å². The number of para-hydroxylation sites is 1. The summed E-state index contributed by atoms with van der Waals surface area (Å²) in [6.07, 6.45) is 3.69. The van der Waals surface area contributed by atoms with Gasteiger partial charge in [0.05, 0.1) is 27.7 Å². The van der Waals surface area contributed by atoms with E-state index in [1.807, 2.05) is 60.7 Å². The number of ether oxygens (including phenoxy) is 1. The van der Waals surface area contributed by atoms with Crippen molar-refractivity contribution in [2.75, 3.05) is 0 Å². The van der Waals surface area contributed by atoms with Crippen molar-refractivity contribution in [1.29, 1.82) is 0 Å². The van der Waals surface area contributed by atoms with E-state index in [2.05, 4.69) is 38.7 Å². The molecule has 3 aromatic carbocycles. The minimum absolute atomic E-state index is 0.351. The van der Waals surface area contributed by atoms with E-state index < -0.39 is 11.4 Å². The summed E-state index contributed by atoms with van der Waals surface area (Å²) in [5.74, 6) is 0.792. The molecule has 6 nitrogen and oxygen atoms in total. The Morgan fingerprint density at radius 3 is 2.61 bits per heavy atom. The minimum atomic E-state index is -0.753. The molecule has 1 aliphatic carbocycles. The Labute approximate surface area is 229 Å². The van der Waals surface area contributed by atoms with E-state index in [0.29, 0.717) is 38.2 Å². The fourth-order valence-electron chi connectivity index (χ4n) is 5.55. The number of hydrogen-bond donors (Lipinski definition) is 1. The second kappa shape index (κ2) is 10.2. The SMILES string of the molecule is O=C(O)C1(Cc2nc3cc(OCc4ccc5ccccc5n4)ccc3n2Cc2cccc(Br)c2)CCCC1. The predicted molar refractivity (Wildman–Crippen MR) is 151 cm³/mol. The molecule has 0 spiro atoms. The van der Waals surface area contributed by atoms with Gasteiger partial charge in [-0.3, -0.25) is 4.79 Å². The molecule has 192 valence electrons. The van der Waals surface area contributed by atoms with Crippen molar-refractivity contribution in [1.82, 2.24) is 14.5 Å². The summed E-state index contributed by atoms with van der Waals surface area (Å²) in [5.41, 5.74) is 3.94. The van der Waals surface area contributed by atoms with Gasteiger partial charge in [0.15, 0.2) is 0 Å². The Hall–Kier alpha value is -3.71. The summed E-state index contributed by atoms with van der Waals surface area (Å²) < 4.78 is 9.28. The van der Waals surface area contributed by atoms with Gasteiger partial charge >= 0.3 is 5.97 Å². The van der Waals surface area contributed by atoms with Crippen LogP contribution in [0.25, 0.3) is 21.9 Å². The van der Waals surface area contributed by atoms with Gasteiger partial charge in [-0.1, -0.05) is 65.2 Å². The van der Waals surface area contributed by atoms with Gasteiger partial charge in [-0.2, -0.15) is 0 Å². The number of nitrogens with zero attached hydrogens (tertiary/aromatic N) is 3. The van der Waals surface area contributed by atoms with E-state index in [-0.39, 0.29) is 0 Å². The second-order valence-corrected chi connectivity index (χ2v) is 11.1. The lowest BCUT2D eigenvalue weighted by Gasteiger charge is -2.24. The summed E-state index contributed by atoms with van der Waals surface area (Å²) in [5, 5.41) is 11.2. The maximum Gasteiger partial charge on any atom is 0.310 e. The van der Waals surface area contributed by atoms with E-state index in [1.54, 1.807) is 0 Å². The van der Waals surface area contributed by atoms with E-state index in [9.17, 15) is 9.90 Å². The molecule has 0 unspecified atom stereocenters. The van der Waals surface area contributed by atoms with E-state index in [0.717, 1.165) is 56.3 Å². The van der Waals surface area contributed by atoms with Crippen LogP contribution < -0.4 is 4.74 Å². The molecular formula is C31H28BrN3O3. The number of carboxylic acid groups (broad SMARTS) is 1. The zero-order chi connectivity index (χ0) is 26.1. The van der Waals surface area contributed by atoms with Gasteiger partial charge in [0.25, 0.3) is 0 Å². The number of imidazole rings is 1. The van der Waals surface area contributed by atoms with Crippen LogP contribution >= 0.6 is 15.9 Å². The average molecular weight is 570 g/mol. The number of benzene rings is 3. The predicted octanol–water partition coefficient (Wildman–Crippen LogP) is 7.16. The maximum atomic E-state index is 12.3. The molecule has 7 heteroatoms. The van der Waals surface area contributed by atoms with Crippen LogP contribution in [0.4, 0.5) is 0 Å². The quantitative estimate of drug-likeness (QED) is 0.214. The number of aliphatic carboxylic acids is 1. The Kier molecular flexibility index (Phi) is 6.62. The molecule has 2 aromatic heterocycles. The lowest BCUT2D eigenvalue weighted by Crippen LogP contribution is -2.31. The first-order valence-electron chi connectivity index (χ1n) is 12.9. The van der Waals surface area contributed by atoms with Crippen LogP contribution in [0.3, 0.4) is 0 Å². The molecule has 1 N–H and O–H groups in total.